The van der Waals surface area contributed by atoms with Crippen LogP contribution in [0.2, 0.25) is 0 Å². The molecule has 1 fully saturated rings. The van der Waals surface area contributed by atoms with Gasteiger partial charge in [-0.05, 0) is 51.8 Å². The SMILES string of the molecule is COc1ccc(C(=O)N2CC(C(=O)O)CCC2C)cc1S(=O)(=O)NC(C)C. The molecular weight excluding hydrogens is 372 g/mol. The van der Waals surface area contributed by atoms with Crippen LogP contribution in [0.4, 0.5) is 0 Å². The van der Waals surface area contributed by atoms with E-state index in [-0.39, 0.29) is 34.8 Å². The minimum Gasteiger partial charge on any atom is -0.495 e. The van der Waals surface area contributed by atoms with Gasteiger partial charge in [0.2, 0.25) is 10.0 Å². The fraction of sp³-hybridized carbons (Fsp3) is 0.556. The number of ether oxygens (including phenoxy) is 1. The summed E-state index contributed by atoms with van der Waals surface area (Å²) in [6, 6.07) is 3.77. The van der Waals surface area contributed by atoms with Crippen molar-refractivity contribution in [2.24, 2.45) is 5.92 Å². The average molecular weight is 398 g/mol. The van der Waals surface area contributed by atoms with Gasteiger partial charge in [-0.1, -0.05) is 0 Å². The molecule has 1 heterocycles. The number of nitrogens with zero attached hydrogens (tertiary/aromatic N) is 1. The molecule has 1 aliphatic rings. The molecule has 0 spiro atoms. The van der Waals surface area contributed by atoms with Gasteiger partial charge in [0, 0.05) is 24.2 Å². The lowest BCUT2D eigenvalue weighted by Crippen LogP contribution is -2.47. The van der Waals surface area contributed by atoms with Crippen LogP contribution < -0.4 is 9.46 Å². The Morgan fingerprint density at radius 2 is 1.96 bits per heavy atom. The number of benzene rings is 1. The van der Waals surface area contributed by atoms with E-state index in [0.29, 0.717) is 12.8 Å². The summed E-state index contributed by atoms with van der Waals surface area (Å²) in [5.74, 6) is -1.81. The van der Waals surface area contributed by atoms with Crippen LogP contribution in [0.5, 0.6) is 5.75 Å². The number of carbonyl (C=O) groups is 2. The number of hydrogen-bond donors (Lipinski definition) is 2. The smallest absolute Gasteiger partial charge is 0.308 e. The highest BCUT2D eigenvalue weighted by Gasteiger charge is 2.33. The number of aliphatic carboxylic acids is 1. The first kappa shape index (κ1) is 21.2. The van der Waals surface area contributed by atoms with E-state index in [0.717, 1.165) is 0 Å². The summed E-state index contributed by atoms with van der Waals surface area (Å²) in [6.07, 6.45) is 1.10. The van der Waals surface area contributed by atoms with Crippen molar-refractivity contribution >= 4 is 21.9 Å². The number of sulfonamides is 1. The monoisotopic (exact) mass is 398 g/mol. The predicted molar refractivity (Wildman–Crippen MR) is 99.3 cm³/mol. The van der Waals surface area contributed by atoms with E-state index in [4.69, 9.17) is 4.74 Å². The molecule has 27 heavy (non-hydrogen) atoms. The number of piperidine rings is 1. The molecule has 1 aromatic rings. The maximum atomic E-state index is 13.0. The highest BCUT2D eigenvalue weighted by molar-refractivity contribution is 7.89. The Morgan fingerprint density at radius 3 is 2.52 bits per heavy atom. The number of rotatable bonds is 6. The molecule has 1 aromatic carbocycles. The van der Waals surface area contributed by atoms with Gasteiger partial charge in [-0.3, -0.25) is 9.59 Å². The third-order valence-electron chi connectivity index (χ3n) is 4.58. The maximum absolute atomic E-state index is 13.0. The van der Waals surface area contributed by atoms with Gasteiger partial charge in [-0.15, -0.1) is 0 Å². The molecule has 2 rings (SSSR count). The number of likely N-dealkylation sites (tertiary alicyclic amines) is 1. The fourth-order valence-electron chi connectivity index (χ4n) is 3.15. The number of carbonyl (C=O) groups excluding carboxylic acids is 1. The Balaban J connectivity index is 2.39. The standard InChI is InChI=1S/C18H26N2O6S/c1-11(2)19-27(24,25)16-9-13(7-8-15(16)26-4)17(21)20-10-14(18(22)23)6-5-12(20)3/h7-9,11-12,14,19H,5-6,10H2,1-4H3,(H,22,23). The van der Waals surface area contributed by atoms with Crippen molar-refractivity contribution in [2.45, 2.75) is 50.6 Å². The van der Waals surface area contributed by atoms with Crippen LogP contribution >= 0.6 is 0 Å². The lowest BCUT2D eigenvalue weighted by molar-refractivity contribution is -0.143. The van der Waals surface area contributed by atoms with E-state index in [9.17, 15) is 23.1 Å². The van der Waals surface area contributed by atoms with Crippen LogP contribution in [0.25, 0.3) is 0 Å². The molecule has 0 aromatic heterocycles. The lowest BCUT2D eigenvalue weighted by Gasteiger charge is -2.36. The second-order valence-corrected chi connectivity index (χ2v) is 8.74. The third-order valence-corrected chi connectivity index (χ3v) is 6.26. The third kappa shape index (κ3) is 4.78. The molecule has 2 atom stereocenters. The van der Waals surface area contributed by atoms with Crippen molar-refractivity contribution in [3.8, 4) is 5.75 Å². The van der Waals surface area contributed by atoms with Crippen LogP contribution in [0.3, 0.4) is 0 Å². The fourth-order valence-corrected chi connectivity index (χ4v) is 4.60. The summed E-state index contributed by atoms with van der Waals surface area (Å²) in [4.78, 5) is 25.6. The number of carboxylic acids is 1. The second kappa shape index (κ2) is 8.26. The zero-order chi connectivity index (χ0) is 20.4. The molecule has 9 heteroatoms. The Kier molecular flexibility index (Phi) is 6.48. The zero-order valence-electron chi connectivity index (χ0n) is 15.9. The van der Waals surface area contributed by atoms with Gasteiger partial charge in [0.1, 0.15) is 10.6 Å². The summed E-state index contributed by atoms with van der Waals surface area (Å²) >= 11 is 0. The van der Waals surface area contributed by atoms with E-state index in [1.165, 1.54) is 30.2 Å². The van der Waals surface area contributed by atoms with Crippen LogP contribution in [0, 0.1) is 5.92 Å². The summed E-state index contributed by atoms with van der Waals surface area (Å²) < 4.78 is 32.8. The Bertz CT molecular complexity index is 821. The number of methoxy groups -OCH3 is 1. The topological polar surface area (TPSA) is 113 Å². The van der Waals surface area contributed by atoms with Crippen LogP contribution in [-0.4, -0.2) is 56.0 Å². The van der Waals surface area contributed by atoms with Gasteiger partial charge in [-0.25, -0.2) is 13.1 Å². The molecule has 2 unspecified atom stereocenters. The molecular formula is C18H26N2O6S. The van der Waals surface area contributed by atoms with Gasteiger partial charge < -0.3 is 14.7 Å². The number of amides is 1. The van der Waals surface area contributed by atoms with E-state index in [1.807, 2.05) is 6.92 Å². The molecule has 0 radical (unpaired) electrons. The lowest BCUT2D eigenvalue weighted by atomic mass is 9.93. The zero-order valence-corrected chi connectivity index (χ0v) is 16.7. The van der Waals surface area contributed by atoms with E-state index in [1.54, 1.807) is 13.8 Å². The first-order chi connectivity index (χ1) is 12.6. The van der Waals surface area contributed by atoms with Crippen LogP contribution in [0.15, 0.2) is 23.1 Å². The Labute approximate surface area is 159 Å². The Hall–Kier alpha value is -2.13. The van der Waals surface area contributed by atoms with Crippen molar-refractivity contribution in [3.63, 3.8) is 0 Å². The van der Waals surface area contributed by atoms with Crippen molar-refractivity contribution in [1.29, 1.82) is 0 Å². The van der Waals surface area contributed by atoms with E-state index in [2.05, 4.69) is 4.72 Å². The van der Waals surface area contributed by atoms with Gasteiger partial charge in [0.15, 0.2) is 0 Å². The molecule has 1 saturated heterocycles. The molecule has 0 saturated carbocycles. The number of carboxylic acid groups (broad SMARTS) is 1. The average Bonchev–Trinajstić information content (AvgIpc) is 2.59. The molecule has 0 bridgehead atoms. The van der Waals surface area contributed by atoms with Crippen LogP contribution in [0.1, 0.15) is 44.0 Å². The highest BCUT2D eigenvalue weighted by atomic mass is 32.2. The van der Waals surface area contributed by atoms with Gasteiger partial charge in [-0.2, -0.15) is 0 Å². The molecule has 2 N–H and O–H groups in total. The first-order valence-electron chi connectivity index (χ1n) is 8.81. The van der Waals surface area contributed by atoms with Gasteiger partial charge >= 0.3 is 5.97 Å². The van der Waals surface area contributed by atoms with E-state index >= 15 is 0 Å². The summed E-state index contributed by atoms with van der Waals surface area (Å²) in [6.45, 7) is 5.35. The van der Waals surface area contributed by atoms with Crippen molar-refractivity contribution < 1.29 is 27.9 Å². The van der Waals surface area contributed by atoms with E-state index < -0.39 is 27.8 Å². The quantitative estimate of drug-likeness (QED) is 0.754. The van der Waals surface area contributed by atoms with Crippen molar-refractivity contribution in [1.82, 2.24) is 9.62 Å². The minimum absolute atomic E-state index is 0.105. The highest BCUT2D eigenvalue weighted by Crippen LogP contribution is 2.28. The summed E-state index contributed by atoms with van der Waals surface area (Å²) in [5.41, 5.74) is 0.179. The predicted octanol–water partition coefficient (Wildman–Crippen LogP) is 1.71. The van der Waals surface area contributed by atoms with Gasteiger partial charge in [0.25, 0.3) is 5.91 Å². The molecule has 150 valence electrons. The maximum Gasteiger partial charge on any atom is 0.308 e. The second-order valence-electron chi connectivity index (χ2n) is 7.06. The summed E-state index contributed by atoms with van der Waals surface area (Å²) in [7, 11) is -2.51. The van der Waals surface area contributed by atoms with Crippen LogP contribution in [-0.2, 0) is 14.8 Å². The normalized spacial score (nSPS) is 20.6. The van der Waals surface area contributed by atoms with Crippen molar-refractivity contribution in [2.75, 3.05) is 13.7 Å². The van der Waals surface area contributed by atoms with Gasteiger partial charge in [0.05, 0.1) is 13.0 Å². The molecule has 1 amide bonds. The minimum atomic E-state index is -3.87. The number of hydrogen-bond acceptors (Lipinski definition) is 5. The number of nitrogens with one attached hydrogen (secondary N) is 1. The summed E-state index contributed by atoms with van der Waals surface area (Å²) in [5, 5.41) is 9.26. The van der Waals surface area contributed by atoms with Crippen molar-refractivity contribution in [3.05, 3.63) is 23.8 Å². The largest absolute Gasteiger partial charge is 0.495 e. The molecule has 8 nitrogen and oxygen atoms in total. The molecule has 1 aliphatic heterocycles. The first-order valence-corrected chi connectivity index (χ1v) is 10.3. The molecule has 0 aliphatic carbocycles. The Morgan fingerprint density at radius 1 is 1.30 bits per heavy atom.